The van der Waals surface area contributed by atoms with E-state index in [2.05, 4.69) is 9.71 Å². The van der Waals surface area contributed by atoms with Crippen LogP contribution in [0.3, 0.4) is 0 Å². The number of hydrogen-bond acceptors (Lipinski definition) is 6. The molecule has 1 heterocycles. The Morgan fingerprint density at radius 1 is 1.61 bits per heavy atom. The summed E-state index contributed by atoms with van der Waals surface area (Å²) < 4.78 is 25.8. The van der Waals surface area contributed by atoms with Gasteiger partial charge in [-0.3, -0.25) is 0 Å². The molecule has 0 aliphatic heterocycles. The lowest BCUT2D eigenvalue weighted by Crippen LogP contribution is -2.32. The Morgan fingerprint density at radius 2 is 2.28 bits per heavy atom. The monoisotopic (exact) mass is 270 g/mol. The second kappa shape index (κ2) is 5.52. The van der Waals surface area contributed by atoms with E-state index < -0.39 is 26.8 Å². The van der Waals surface area contributed by atoms with Crippen LogP contribution in [0, 0.1) is 21.4 Å². The molecule has 0 aromatic carbocycles. The number of aromatic nitrogens is 1. The van der Waals surface area contributed by atoms with Crippen LogP contribution in [-0.4, -0.2) is 24.4 Å². The molecule has 0 bridgehead atoms. The van der Waals surface area contributed by atoms with Crippen LogP contribution in [0.1, 0.15) is 13.3 Å². The van der Waals surface area contributed by atoms with Gasteiger partial charge >= 0.3 is 5.82 Å². The number of pyridine rings is 1. The van der Waals surface area contributed by atoms with Crippen LogP contribution in [0.5, 0.6) is 0 Å². The van der Waals surface area contributed by atoms with E-state index in [0.717, 1.165) is 18.3 Å². The summed E-state index contributed by atoms with van der Waals surface area (Å²) in [5, 5.41) is 18.8. The molecular formula is C9H10N4O4S. The van der Waals surface area contributed by atoms with Gasteiger partial charge in [0.25, 0.3) is 0 Å². The van der Waals surface area contributed by atoms with Gasteiger partial charge in [-0.25, -0.2) is 13.1 Å². The van der Waals surface area contributed by atoms with Crippen molar-refractivity contribution in [2.75, 3.05) is 0 Å². The average Bonchev–Trinajstić information content (AvgIpc) is 2.28. The highest BCUT2D eigenvalue weighted by Crippen LogP contribution is 2.12. The SMILES string of the molecule is CC(CC#N)NS(=O)(=O)c1ccc([N+](=O)[O-])nc1. The standard InChI is InChI=1S/C9H10N4O4S/c1-7(4-5-10)12-18(16,17)8-2-3-9(11-6-8)13(14)15/h2-3,6-7,12H,4H2,1H3. The van der Waals surface area contributed by atoms with Gasteiger partial charge in [-0.1, -0.05) is 0 Å². The van der Waals surface area contributed by atoms with Gasteiger partial charge in [0.15, 0.2) is 6.20 Å². The van der Waals surface area contributed by atoms with Gasteiger partial charge in [0.1, 0.15) is 4.90 Å². The first kappa shape index (κ1) is 14.0. The molecule has 1 aromatic heterocycles. The van der Waals surface area contributed by atoms with E-state index in [0.29, 0.717) is 0 Å². The average molecular weight is 270 g/mol. The number of hydrogen-bond donors (Lipinski definition) is 1. The Kier molecular flexibility index (Phi) is 4.30. The van der Waals surface area contributed by atoms with E-state index in [9.17, 15) is 18.5 Å². The van der Waals surface area contributed by atoms with Crippen molar-refractivity contribution in [3.8, 4) is 6.07 Å². The topological polar surface area (TPSA) is 126 Å². The summed E-state index contributed by atoms with van der Waals surface area (Å²) in [5.41, 5.74) is 0. The fraction of sp³-hybridized carbons (Fsp3) is 0.333. The number of rotatable bonds is 5. The zero-order valence-corrected chi connectivity index (χ0v) is 10.2. The molecule has 0 saturated heterocycles. The molecule has 1 rings (SSSR count). The summed E-state index contributed by atoms with van der Waals surface area (Å²) in [7, 11) is -3.81. The summed E-state index contributed by atoms with van der Waals surface area (Å²) in [5.74, 6) is -0.431. The number of nitrogens with one attached hydrogen (secondary N) is 1. The Bertz CT molecular complexity index is 576. The summed E-state index contributed by atoms with van der Waals surface area (Å²) >= 11 is 0. The lowest BCUT2D eigenvalue weighted by atomic mass is 10.3. The van der Waals surface area contributed by atoms with E-state index in [-0.39, 0.29) is 11.3 Å². The predicted octanol–water partition coefficient (Wildman–Crippen LogP) is 0.570. The van der Waals surface area contributed by atoms with E-state index in [1.807, 2.05) is 6.07 Å². The first-order chi connectivity index (χ1) is 8.36. The minimum Gasteiger partial charge on any atom is -0.358 e. The maximum atomic E-state index is 11.8. The highest BCUT2D eigenvalue weighted by Gasteiger charge is 2.20. The van der Waals surface area contributed by atoms with Crippen molar-refractivity contribution in [1.82, 2.24) is 9.71 Å². The highest BCUT2D eigenvalue weighted by atomic mass is 32.2. The van der Waals surface area contributed by atoms with Crippen molar-refractivity contribution < 1.29 is 13.3 Å². The number of sulfonamides is 1. The van der Waals surface area contributed by atoms with Gasteiger partial charge in [-0.2, -0.15) is 5.26 Å². The van der Waals surface area contributed by atoms with Crippen molar-refractivity contribution in [3.63, 3.8) is 0 Å². The predicted molar refractivity (Wildman–Crippen MR) is 60.9 cm³/mol. The van der Waals surface area contributed by atoms with E-state index in [1.165, 1.54) is 0 Å². The van der Waals surface area contributed by atoms with Gasteiger partial charge in [0, 0.05) is 12.1 Å². The lowest BCUT2D eigenvalue weighted by molar-refractivity contribution is -0.389. The third-order valence-electron chi connectivity index (χ3n) is 1.97. The molecule has 1 N–H and O–H groups in total. The molecule has 1 aromatic rings. The largest absolute Gasteiger partial charge is 0.363 e. The van der Waals surface area contributed by atoms with E-state index >= 15 is 0 Å². The lowest BCUT2D eigenvalue weighted by Gasteiger charge is -2.09. The molecule has 0 saturated carbocycles. The van der Waals surface area contributed by atoms with Crippen molar-refractivity contribution in [2.24, 2.45) is 0 Å². The molecule has 0 spiro atoms. The molecule has 9 heteroatoms. The Balaban J connectivity index is 2.92. The molecule has 8 nitrogen and oxygen atoms in total. The fourth-order valence-electron chi connectivity index (χ4n) is 1.15. The normalized spacial score (nSPS) is 12.7. The van der Waals surface area contributed by atoms with Crippen LogP contribution in [0.4, 0.5) is 5.82 Å². The second-order valence-electron chi connectivity index (χ2n) is 3.49. The molecule has 0 aliphatic rings. The molecule has 0 amide bonds. The molecular weight excluding hydrogens is 260 g/mol. The van der Waals surface area contributed by atoms with E-state index in [4.69, 9.17) is 5.26 Å². The number of nitro groups is 1. The molecule has 0 aliphatic carbocycles. The van der Waals surface area contributed by atoms with Crippen LogP contribution in [0.15, 0.2) is 23.2 Å². The van der Waals surface area contributed by atoms with Gasteiger partial charge in [0.05, 0.1) is 12.5 Å². The minimum absolute atomic E-state index is 0.0274. The third-order valence-corrected chi connectivity index (χ3v) is 3.55. The highest BCUT2D eigenvalue weighted by molar-refractivity contribution is 7.89. The first-order valence-corrected chi connectivity index (χ1v) is 6.35. The number of nitrogens with zero attached hydrogens (tertiary/aromatic N) is 3. The molecule has 1 unspecified atom stereocenters. The molecule has 1 atom stereocenters. The summed E-state index contributed by atoms with van der Waals surface area (Å²) in [6.45, 7) is 1.54. The molecule has 0 radical (unpaired) electrons. The zero-order valence-electron chi connectivity index (χ0n) is 9.40. The van der Waals surface area contributed by atoms with Gasteiger partial charge in [0.2, 0.25) is 10.0 Å². The van der Waals surface area contributed by atoms with Crippen molar-refractivity contribution in [2.45, 2.75) is 24.3 Å². The summed E-state index contributed by atoms with van der Waals surface area (Å²) in [6, 6.07) is 3.38. The molecule has 96 valence electrons. The van der Waals surface area contributed by atoms with Crippen LogP contribution in [0.25, 0.3) is 0 Å². The van der Waals surface area contributed by atoms with Crippen molar-refractivity contribution >= 4 is 15.8 Å². The zero-order chi connectivity index (χ0) is 13.8. The van der Waals surface area contributed by atoms with Crippen molar-refractivity contribution in [3.05, 3.63) is 28.4 Å². The second-order valence-corrected chi connectivity index (χ2v) is 5.21. The quantitative estimate of drug-likeness (QED) is 0.615. The Hall–Kier alpha value is -2.05. The molecule has 0 fully saturated rings. The first-order valence-electron chi connectivity index (χ1n) is 4.86. The molecule has 18 heavy (non-hydrogen) atoms. The van der Waals surface area contributed by atoms with Crippen LogP contribution < -0.4 is 4.72 Å². The third kappa shape index (κ3) is 3.47. The Labute approximate surface area is 103 Å². The maximum absolute atomic E-state index is 11.8. The minimum atomic E-state index is -3.81. The number of nitriles is 1. The van der Waals surface area contributed by atoms with Crippen molar-refractivity contribution in [1.29, 1.82) is 5.26 Å². The maximum Gasteiger partial charge on any atom is 0.363 e. The van der Waals surface area contributed by atoms with Gasteiger partial charge in [-0.05, 0) is 22.9 Å². The summed E-state index contributed by atoms with van der Waals surface area (Å²) in [6.07, 6.45) is 0.930. The summed E-state index contributed by atoms with van der Waals surface area (Å²) in [4.78, 5) is 12.9. The smallest absolute Gasteiger partial charge is 0.358 e. The van der Waals surface area contributed by atoms with E-state index in [1.54, 1.807) is 6.92 Å². The van der Waals surface area contributed by atoms with Crippen LogP contribution in [0.2, 0.25) is 0 Å². The van der Waals surface area contributed by atoms with Gasteiger partial charge in [-0.15, -0.1) is 0 Å². The Morgan fingerprint density at radius 3 is 2.72 bits per heavy atom. The van der Waals surface area contributed by atoms with Gasteiger partial charge < -0.3 is 10.1 Å². The van der Waals surface area contributed by atoms with Crippen LogP contribution >= 0.6 is 0 Å². The van der Waals surface area contributed by atoms with Crippen LogP contribution in [-0.2, 0) is 10.0 Å². The fourth-order valence-corrected chi connectivity index (χ4v) is 2.34.